The Labute approximate surface area is 106 Å². The highest BCUT2D eigenvalue weighted by Gasteiger charge is 2.08. The van der Waals surface area contributed by atoms with Crippen molar-refractivity contribution in [2.75, 3.05) is 13.2 Å². The van der Waals surface area contributed by atoms with Gasteiger partial charge in [-0.25, -0.2) is 0 Å². The molecule has 4 nitrogen and oxygen atoms in total. The predicted octanol–water partition coefficient (Wildman–Crippen LogP) is 1.91. The number of amides is 1. The lowest BCUT2D eigenvalue weighted by molar-refractivity contribution is -0.122. The maximum Gasteiger partial charge on any atom is 0.257 e. The van der Waals surface area contributed by atoms with Crippen LogP contribution >= 0.6 is 11.6 Å². The Balaban J connectivity index is 2.63. The van der Waals surface area contributed by atoms with E-state index in [2.05, 4.69) is 5.32 Å². The van der Waals surface area contributed by atoms with Gasteiger partial charge in [0.25, 0.3) is 5.91 Å². The maximum absolute atomic E-state index is 11.2. The zero-order valence-corrected chi connectivity index (χ0v) is 10.6. The zero-order valence-electron chi connectivity index (χ0n) is 9.87. The third kappa shape index (κ3) is 4.24. The Kier molecular flexibility index (Phi) is 5.25. The fraction of sp³-hybridized carbons (Fsp3) is 0.417. The Hall–Kier alpha value is -1.26. The summed E-state index contributed by atoms with van der Waals surface area (Å²) in [6.07, 6.45) is -0.579. The van der Waals surface area contributed by atoms with Crippen LogP contribution in [0.1, 0.15) is 25.5 Å². The van der Waals surface area contributed by atoms with E-state index in [0.29, 0.717) is 22.9 Å². The molecule has 0 saturated heterocycles. The first-order valence-electron chi connectivity index (χ1n) is 5.41. The summed E-state index contributed by atoms with van der Waals surface area (Å²) in [5, 5.41) is 12.4. The molecule has 0 aliphatic carbocycles. The van der Waals surface area contributed by atoms with Crippen LogP contribution in [0.3, 0.4) is 0 Å². The van der Waals surface area contributed by atoms with Crippen molar-refractivity contribution in [3.8, 4) is 5.75 Å². The van der Waals surface area contributed by atoms with E-state index in [-0.39, 0.29) is 12.5 Å². The largest absolute Gasteiger partial charge is 0.482 e. The molecule has 1 unspecified atom stereocenters. The average molecular weight is 258 g/mol. The summed E-state index contributed by atoms with van der Waals surface area (Å²) in [5.41, 5.74) is 0.709. The molecule has 1 rings (SSSR count). The van der Waals surface area contributed by atoms with Crippen molar-refractivity contribution < 1.29 is 14.6 Å². The fourth-order valence-corrected chi connectivity index (χ4v) is 1.53. The summed E-state index contributed by atoms with van der Waals surface area (Å²) in [6, 6.07) is 4.98. The first-order chi connectivity index (χ1) is 8.04. The monoisotopic (exact) mass is 257 g/mol. The van der Waals surface area contributed by atoms with Gasteiger partial charge in [0.2, 0.25) is 0 Å². The normalized spacial score (nSPS) is 12.0. The molecule has 0 heterocycles. The minimum Gasteiger partial charge on any atom is -0.482 e. The molecule has 0 aliphatic rings. The Morgan fingerprint density at radius 3 is 2.82 bits per heavy atom. The van der Waals surface area contributed by atoms with E-state index < -0.39 is 6.10 Å². The Morgan fingerprint density at radius 2 is 2.29 bits per heavy atom. The molecule has 17 heavy (non-hydrogen) atoms. The zero-order chi connectivity index (χ0) is 12.8. The van der Waals surface area contributed by atoms with Crippen molar-refractivity contribution in [1.82, 2.24) is 5.32 Å². The molecular weight excluding hydrogens is 242 g/mol. The first kappa shape index (κ1) is 13.8. The summed E-state index contributed by atoms with van der Waals surface area (Å²) in [6.45, 7) is 3.99. The summed E-state index contributed by atoms with van der Waals surface area (Å²) < 4.78 is 5.26. The lowest BCUT2D eigenvalue weighted by Crippen LogP contribution is -2.28. The van der Waals surface area contributed by atoms with E-state index in [4.69, 9.17) is 16.3 Å². The number of aliphatic hydroxyl groups excluding tert-OH is 1. The van der Waals surface area contributed by atoms with Crippen LogP contribution in [0.15, 0.2) is 18.2 Å². The van der Waals surface area contributed by atoms with Crippen molar-refractivity contribution >= 4 is 17.5 Å². The second-order valence-electron chi connectivity index (χ2n) is 3.61. The van der Waals surface area contributed by atoms with Gasteiger partial charge in [-0.1, -0.05) is 17.7 Å². The molecule has 1 aromatic rings. The third-order valence-corrected chi connectivity index (χ3v) is 2.47. The molecule has 0 bridgehead atoms. The minimum atomic E-state index is -0.579. The van der Waals surface area contributed by atoms with E-state index in [1.165, 1.54) is 0 Å². The van der Waals surface area contributed by atoms with Gasteiger partial charge >= 0.3 is 0 Å². The number of rotatable bonds is 5. The van der Waals surface area contributed by atoms with Crippen LogP contribution in [0.25, 0.3) is 0 Å². The molecule has 0 radical (unpaired) electrons. The van der Waals surface area contributed by atoms with E-state index in [0.717, 1.165) is 0 Å². The van der Waals surface area contributed by atoms with Crippen LogP contribution in [0.5, 0.6) is 5.75 Å². The number of hydrogen-bond acceptors (Lipinski definition) is 3. The summed E-state index contributed by atoms with van der Waals surface area (Å²) in [5.74, 6) is 0.241. The number of aliphatic hydroxyl groups is 1. The van der Waals surface area contributed by atoms with Gasteiger partial charge in [0.05, 0.1) is 11.1 Å². The molecule has 5 heteroatoms. The van der Waals surface area contributed by atoms with Crippen molar-refractivity contribution in [2.45, 2.75) is 20.0 Å². The highest BCUT2D eigenvalue weighted by atomic mass is 35.5. The SMILES string of the molecule is CCNC(=O)COc1ccc(C(C)O)cc1Cl. The van der Waals surface area contributed by atoms with Gasteiger partial charge in [-0.3, -0.25) is 4.79 Å². The summed E-state index contributed by atoms with van der Waals surface area (Å²) in [7, 11) is 0. The third-order valence-electron chi connectivity index (χ3n) is 2.17. The number of carbonyl (C=O) groups is 1. The maximum atomic E-state index is 11.2. The van der Waals surface area contributed by atoms with Gasteiger partial charge in [0.1, 0.15) is 5.75 Å². The number of hydrogen-bond donors (Lipinski definition) is 2. The van der Waals surface area contributed by atoms with Gasteiger partial charge in [0, 0.05) is 6.54 Å². The van der Waals surface area contributed by atoms with E-state index in [9.17, 15) is 9.90 Å². The van der Waals surface area contributed by atoms with Crippen LogP contribution in [-0.2, 0) is 4.79 Å². The lowest BCUT2D eigenvalue weighted by atomic mass is 10.1. The number of halogens is 1. The van der Waals surface area contributed by atoms with E-state index in [1.807, 2.05) is 6.92 Å². The van der Waals surface area contributed by atoms with Gasteiger partial charge in [-0.15, -0.1) is 0 Å². The van der Waals surface area contributed by atoms with Crippen LogP contribution < -0.4 is 10.1 Å². The second-order valence-corrected chi connectivity index (χ2v) is 4.02. The van der Waals surface area contributed by atoms with Crippen LogP contribution in [-0.4, -0.2) is 24.2 Å². The highest BCUT2D eigenvalue weighted by Crippen LogP contribution is 2.27. The number of likely N-dealkylation sites (N-methyl/N-ethyl adjacent to an activating group) is 1. The fourth-order valence-electron chi connectivity index (χ4n) is 1.29. The van der Waals surface area contributed by atoms with Crippen LogP contribution in [0, 0.1) is 0 Å². The lowest BCUT2D eigenvalue weighted by Gasteiger charge is -2.10. The molecule has 94 valence electrons. The molecule has 0 fully saturated rings. The molecule has 1 aromatic carbocycles. The standard InChI is InChI=1S/C12H16ClNO3/c1-3-14-12(16)7-17-11-5-4-9(8(2)15)6-10(11)13/h4-6,8,15H,3,7H2,1-2H3,(H,14,16). The van der Waals surface area contributed by atoms with Crippen molar-refractivity contribution in [2.24, 2.45) is 0 Å². The molecule has 0 aromatic heterocycles. The molecule has 0 spiro atoms. The number of benzene rings is 1. The Bertz CT molecular complexity index is 393. The van der Waals surface area contributed by atoms with Gasteiger partial charge < -0.3 is 15.2 Å². The summed E-state index contributed by atoms with van der Waals surface area (Å²) in [4.78, 5) is 11.2. The van der Waals surface area contributed by atoms with Crippen LogP contribution in [0.4, 0.5) is 0 Å². The van der Waals surface area contributed by atoms with E-state index >= 15 is 0 Å². The first-order valence-corrected chi connectivity index (χ1v) is 5.79. The van der Waals surface area contributed by atoms with Crippen LogP contribution in [0.2, 0.25) is 5.02 Å². The van der Waals surface area contributed by atoms with E-state index in [1.54, 1.807) is 25.1 Å². The molecule has 2 N–H and O–H groups in total. The number of carbonyl (C=O) groups excluding carboxylic acids is 1. The quantitative estimate of drug-likeness (QED) is 0.847. The smallest absolute Gasteiger partial charge is 0.257 e. The molecule has 1 amide bonds. The highest BCUT2D eigenvalue weighted by molar-refractivity contribution is 6.32. The molecule has 0 aliphatic heterocycles. The van der Waals surface area contributed by atoms with Gasteiger partial charge in [-0.2, -0.15) is 0 Å². The topological polar surface area (TPSA) is 58.6 Å². The number of ether oxygens (including phenoxy) is 1. The summed E-state index contributed by atoms with van der Waals surface area (Å²) >= 11 is 5.97. The van der Waals surface area contributed by atoms with Gasteiger partial charge in [0.15, 0.2) is 6.61 Å². The molecule has 0 saturated carbocycles. The van der Waals surface area contributed by atoms with Crippen molar-refractivity contribution in [3.05, 3.63) is 28.8 Å². The second kappa shape index (κ2) is 6.47. The van der Waals surface area contributed by atoms with Crippen molar-refractivity contribution in [3.63, 3.8) is 0 Å². The van der Waals surface area contributed by atoms with Crippen molar-refractivity contribution in [1.29, 1.82) is 0 Å². The molecule has 1 atom stereocenters. The number of nitrogens with one attached hydrogen (secondary N) is 1. The minimum absolute atomic E-state index is 0.0679. The molecular formula is C12H16ClNO3. The predicted molar refractivity (Wildman–Crippen MR) is 66.3 cm³/mol. The average Bonchev–Trinajstić information content (AvgIpc) is 2.27. The van der Waals surface area contributed by atoms with Gasteiger partial charge in [-0.05, 0) is 31.5 Å². The Morgan fingerprint density at radius 1 is 1.59 bits per heavy atom.